The van der Waals surface area contributed by atoms with Crippen molar-refractivity contribution in [2.45, 2.75) is 69.5 Å². The molecule has 2 bridgehead atoms. The van der Waals surface area contributed by atoms with E-state index in [9.17, 15) is 14.7 Å². The van der Waals surface area contributed by atoms with Crippen molar-refractivity contribution >= 4 is 12.0 Å². The van der Waals surface area contributed by atoms with Crippen LogP contribution in [0.2, 0.25) is 0 Å². The van der Waals surface area contributed by atoms with E-state index in [1.807, 2.05) is 0 Å². The van der Waals surface area contributed by atoms with Crippen molar-refractivity contribution in [1.82, 2.24) is 10.2 Å². The summed E-state index contributed by atoms with van der Waals surface area (Å²) in [5.41, 5.74) is 0. The van der Waals surface area contributed by atoms with E-state index in [0.717, 1.165) is 44.9 Å². The number of carbonyl (C=O) groups excluding carboxylic acids is 2. The third kappa shape index (κ3) is 2.30. The number of aliphatic carboxylic acids is 1. The molecular formula is C14H21N2O3-. The molecule has 3 aliphatic rings. The molecule has 1 aliphatic heterocycles. The van der Waals surface area contributed by atoms with Gasteiger partial charge >= 0.3 is 6.03 Å². The molecule has 3 fully saturated rings. The maximum atomic E-state index is 12.3. The summed E-state index contributed by atoms with van der Waals surface area (Å²) in [5.74, 6) is -0.988. The van der Waals surface area contributed by atoms with Gasteiger partial charge in [0.1, 0.15) is 0 Å². The second kappa shape index (κ2) is 5.02. The number of hydrogen-bond donors (Lipinski definition) is 1. The molecule has 1 N–H and O–H groups in total. The minimum atomic E-state index is -1.09. The number of amides is 2. The molecule has 0 radical (unpaired) electrons. The first kappa shape index (κ1) is 12.8. The average molecular weight is 265 g/mol. The van der Waals surface area contributed by atoms with Crippen molar-refractivity contribution in [1.29, 1.82) is 0 Å². The van der Waals surface area contributed by atoms with E-state index in [1.54, 1.807) is 4.90 Å². The number of nitrogens with zero attached hydrogens (tertiary/aromatic N) is 1. The minimum Gasteiger partial charge on any atom is -0.548 e. The molecular weight excluding hydrogens is 244 g/mol. The highest BCUT2D eigenvalue weighted by atomic mass is 16.4. The maximum absolute atomic E-state index is 12.3. The van der Waals surface area contributed by atoms with Gasteiger partial charge in [-0.25, -0.2) is 4.79 Å². The molecule has 5 heteroatoms. The van der Waals surface area contributed by atoms with Gasteiger partial charge < -0.3 is 20.1 Å². The van der Waals surface area contributed by atoms with Crippen LogP contribution >= 0.6 is 0 Å². The van der Waals surface area contributed by atoms with E-state index in [2.05, 4.69) is 5.32 Å². The number of fused-ring (bicyclic) bond motifs is 2. The molecule has 106 valence electrons. The first-order chi connectivity index (χ1) is 9.16. The van der Waals surface area contributed by atoms with Crippen molar-refractivity contribution in [3.8, 4) is 0 Å². The van der Waals surface area contributed by atoms with Gasteiger partial charge in [0.25, 0.3) is 0 Å². The lowest BCUT2D eigenvalue weighted by molar-refractivity contribution is -0.312. The Morgan fingerprint density at radius 1 is 1.05 bits per heavy atom. The molecule has 1 heterocycles. The Balaban J connectivity index is 1.66. The second-order valence-corrected chi connectivity index (χ2v) is 6.18. The number of rotatable bonds is 2. The van der Waals surface area contributed by atoms with Crippen molar-refractivity contribution in [2.75, 3.05) is 0 Å². The van der Waals surface area contributed by atoms with E-state index in [4.69, 9.17) is 0 Å². The van der Waals surface area contributed by atoms with Crippen LogP contribution < -0.4 is 10.4 Å². The molecule has 3 rings (SSSR count). The van der Waals surface area contributed by atoms with Crippen LogP contribution in [-0.2, 0) is 4.79 Å². The Bertz CT molecular complexity index is 379. The molecule has 0 aromatic carbocycles. The number of carboxylic acids is 1. The molecule has 2 amide bonds. The number of urea groups is 1. The smallest absolute Gasteiger partial charge is 0.318 e. The van der Waals surface area contributed by atoms with Gasteiger partial charge in [0.15, 0.2) is 0 Å². The van der Waals surface area contributed by atoms with Crippen molar-refractivity contribution in [2.24, 2.45) is 5.92 Å². The number of hydrogen-bond acceptors (Lipinski definition) is 3. The van der Waals surface area contributed by atoms with Gasteiger partial charge in [-0.2, -0.15) is 0 Å². The van der Waals surface area contributed by atoms with Gasteiger partial charge in [-0.05, 0) is 38.0 Å². The van der Waals surface area contributed by atoms with Crippen molar-refractivity contribution in [3.05, 3.63) is 0 Å². The highest BCUT2D eigenvalue weighted by Gasteiger charge is 2.48. The first-order valence-corrected chi connectivity index (χ1v) is 7.46. The Morgan fingerprint density at radius 2 is 1.79 bits per heavy atom. The van der Waals surface area contributed by atoms with E-state index in [1.165, 1.54) is 6.42 Å². The largest absolute Gasteiger partial charge is 0.548 e. The molecule has 2 saturated carbocycles. The summed E-state index contributed by atoms with van der Waals surface area (Å²) >= 11 is 0. The lowest BCUT2D eigenvalue weighted by atomic mass is 9.95. The SMILES string of the molecule is O=C([O-])[C@H]1[C@@H]2CC[C@@H](C2)N1C(=O)NC1CCCCC1. The fraction of sp³-hybridized carbons (Fsp3) is 0.857. The zero-order chi connectivity index (χ0) is 13.4. The maximum Gasteiger partial charge on any atom is 0.318 e. The zero-order valence-corrected chi connectivity index (χ0v) is 11.1. The summed E-state index contributed by atoms with van der Waals surface area (Å²) in [5, 5.41) is 14.3. The monoisotopic (exact) mass is 265 g/mol. The average Bonchev–Trinajstić information content (AvgIpc) is 2.99. The van der Waals surface area contributed by atoms with E-state index >= 15 is 0 Å². The lowest BCUT2D eigenvalue weighted by Gasteiger charge is -2.37. The molecule has 2 aliphatic carbocycles. The highest BCUT2D eigenvalue weighted by Crippen LogP contribution is 2.42. The number of likely N-dealkylation sites (tertiary alicyclic amines) is 1. The van der Waals surface area contributed by atoms with Gasteiger partial charge in [0.2, 0.25) is 0 Å². The standard InChI is InChI=1S/C14H22N2O3/c17-13(18)12-9-6-7-11(8-9)16(12)14(19)15-10-4-2-1-3-5-10/h9-12H,1-8H2,(H,15,19)(H,17,18)/p-1/t9-,11+,12-/m1/s1. The molecule has 0 aromatic rings. The van der Waals surface area contributed by atoms with Crippen LogP contribution in [0.3, 0.4) is 0 Å². The number of piperidine rings is 1. The quantitative estimate of drug-likeness (QED) is 0.796. The summed E-state index contributed by atoms with van der Waals surface area (Å²) < 4.78 is 0. The third-order valence-electron chi connectivity index (χ3n) is 4.99. The summed E-state index contributed by atoms with van der Waals surface area (Å²) in [6.07, 6.45) is 8.26. The molecule has 19 heavy (non-hydrogen) atoms. The number of carboxylic acid groups (broad SMARTS) is 1. The van der Waals surface area contributed by atoms with Crippen LogP contribution in [-0.4, -0.2) is 35.0 Å². The van der Waals surface area contributed by atoms with E-state index in [-0.39, 0.29) is 24.0 Å². The van der Waals surface area contributed by atoms with Crippen LogP contribution in [0.5, 0.6) is 0 Å². The number of nitrogens with one attached hydrogen (secondary N) is 1. The van der Waals surface area contributed by atoms with Gasteiger partial charge in [-0.1, -0.05) is 19.3 Å². The summed E-state index contributed by atoms with van der Waals surface area (Å²) in [6, 6.07) is -0.560. The Morgan fingerprint density at radius 3 is 2.47 bits per heavy atom. The van der Waals surface area contributed by atoms with Crippen molar-refractivity contribution in [3.63, 3.8) is 0 Å². The Labute approximate surface area is 113 Å². The highest BCUT2D eigenvalue weighted by molar-refractivity contribution is 5.83. The topological polar surface area (TPSA) is 72.5 Å². The fourth-order valence-electron chi connectivity index (χ4n) is 4.08. The molecule has 0 unspecified atom stereocenters. The normalized spacial score (nSPS) is 34.5. The first-order valence-electron chi connectivity index (χ1n) is 7.46. The predicted molar refractivity (Wildman–Crippen MR) is 67.2 cm³/mol. The van der Waals surface area contributed by atoms with E-state index in [0.29, 0.717) is 0 Å². The van der Waals surface area contributed by atoms with Crippen LogP contribution in [0.4, 0.5) is 4.79 Å². The van der Waals surface area contributed by atoms with Crippen LogP contribution in [0.25, 0.3) is 0 Å². The summed E-state index contributed by atoms with van der Waals surface area (Å²) in [7, 11) is 0. The molecule has 1 saturated heterocycles. The van der Waals surface area contributed by atoms with Crippen LogP contribution in [0, 0.1) is 5.92 Å². The van der Waals surface area contributed by atoms with E-state index < -0.39 is 12.0 Å². The van der Waals surface area contributed by atoms with Gasteiger partial charge in [0.05, 0.1) is 12.0 Å². The second-order valence-electron chi connectivity index (χ2n) is 6.18. The molecule has 0 spiro atoms. The molecule has 0 aromatic heterocycles. The van der Waals surface area contributed by atoms with Crippen LogP contribution in [0.1, 0.15) is 51.4 Å². The third-order valence-corrected chi connectivity index (χ3v) is 4.99. The number of carbonyl (C=O) groups is 2. The fourth-order valence-corrected chi connectivity index (χ4v) is 4.08. The molecule has 5 nitrogen and oxygen atoms in total. The summed E-state index contributed by atoms with van der Waals surface area (Å²) in [6.45, 7) is 0. The predicted octanol–water partition coefficient (Wildman–Crippen LogP) is 0.631. The van der Waals surface area contributed by atoms with Gasteiger partial charge in [-0.15, -0.1) is 0 Å². The minimum absolute atomic E-state index is 0.104. The molecule has 3 atom stereocenters. The lowest BCUT2D eigenvalue weighted by Crippen LogP contribution is -2.57. The van der Waals surface area contributed by atoms with Crippen molar-refractivity contribution < 1.29 is 14.7 Å². The van der Waals surface area contributed by atoms with Gasteiger partial charge in [0, 0.05) is 12.1 Å². The Kier molecular flexibility index (Phi) is 3.37. The summed E-state index contributed by atoms with van der Waals surface area (Å²) in [4.78, 5) is 25.2. The zero-order valence-electron chi connectivity index (χ0n) is 11.1. The van der Waals surface area contributed by atoms with Gasteiger partial charge in [-0.3, -0.25) is 0 Å². The van der Waals surface area contributed by atoms with Crippen LogP contribution in [0.15, 0.2) is 0 Å². The Hall–Kier alpha value is -1.26.